The van der Waals surface area contributed by atoms with Gasteiger partial charge in [-0.05, 0) is 30.7 Å². The molecule has 1 amide bonds. The first-order chi connectivity index (χ1) is 10.6. The van der Waals surface area contributed by atoms with Crippen LogP contribution in [0.2, 0.25) is 0 Å². The summed E-state index contributed by atoms with van der Waals surface area (Å²) < 4.78 is 11.3. The fourth-order valence-corrected chi connectivity index (χ4v) is 3.26. The Kier molecular flexibility index (Phi) is 5.63. The molecular weight excluding hydrogens is 318 g/mol. The molecule has 0 radical (unpaired) electrons. The van der Waals surface area contributed by atoms with E-state index in [0.717, 1.165) is 5.56 Å². The molecule has 22 heavy (non-hydrogen) atoms. The average Bonchev–Trinajstić information content (AvgIpc) is 2.76. The van der Waals surface area contributed by atoms with Crippen molar-refractivity contribution in [1.29, 1.82) is 0 Å². The van der Waals surface area contributed by atoms with Gasteiger partial charge in [0.1, 0.15) is 4.32 Å². The average molecular weight is 335 g/mol. The van der Waals surface area contributed by atoms with E-state index in [-0.39, 0.29) is 5.91 Å². The van der Waals surface area contributed by atoms with Crippen LogP contribution >= 0.6 is 24.0 Å². The summed E-state index contributed by atoms with van der Waals surface area (Å²) in [5.74, 6) is 1.22. The molecule has 4 nitrogen and oxygen atoms in total. The van der Waals surface area contributed by atoms with Gasteiger partial charge in [-0.1, -0.05) is 36.1 Å². The Morgan fingerprint density at radius 1 is 1.41 bits per heavy atom. The Balaban J connectivity index is 2.29. The number of hydrogen-bond donors (Lipinski definition) is 0. The second-order valence-corrected chi connectivity index (χ2v) is 6.10. The normalized spacial score (nSPS) is 16.3. The van der Waals surface area contributed by atoms with E-state index in [0.29, 0.717) is 33.9 Å². The number of benzene rings is 1. The highest BCUT2D eigenvalue weighted by atomic mass is 32.2. The van der Waals surface area contributed by atoms with E-state index >= 15 is 0 Å². The summed E-state index contributed by atoms with van der Waals surface area (Å²) >= 11 is 6.51. The number of thiocarbonyl (C=S) groups is 1. The second-order valence-electron chi connectivity index (χ2n) is 4.42. The number of amides is 1. The predicted octanol–water partition coefficient (Wildman–Crippen LogP) is 3.48. The molecule has 0 spiro atoms. The highest BCUT2D eigenvalue weighted by Gasteiger charge is 2.30. The molecule has 2 rings (SSSR count). The maximum Gasteiger partial charge on any atom is 0.266 e. The number of methoxy groups -OCH3 is 1. The molecule has 0 saturated carbocycles. The molecule has 0 unspecified atom stereocenters. The van der Waals surface area contributed by atoms with Gasteiger partial charge in [-0.3, -0.25) is 9.69 Å². The van der Waals surface area contributed by atoms with Gasteiger partial charge >= 0.3 is 0 Å². The second kappa shape index (κ2) is 7.47. The van der Waals surface area contributed by atoms with Crippen LogP contribution in [0.15, 0.2) is 35.8 Å². The Morgan fingerprint density at radius 3 is 2.82 bits per heavy atom. The van der Waals surface area contributed by atoms with Crippen LogP contribution in [-0.4, -0.2) is 35.4 Å². The standard InChI is InChI=1S/C16H17NO3S2/c1-4-8-17-15(18)14(22-16(17)21)10-11-6-7-12(19-3)13(9-11)20-5-2/h4,6-7,9-10H,1,5,8H2,2-3H3. The molecule has 0 aromatic heterocycles. The first-order valence-electron chi connectivity index (χ1n) is 6.77. The molecule has 0 aliphatic carbocycles. The molecule has 1 fully saturated rings. The van der Waals surface area contributed by atoms with E-state index in [1.165, 1.54) is 16.7 Å². The highest BCUT2D eigenvalue weighted by Crippen LogP contribution is 2.34. The summed E-state index contributed by atoms with van der Waals surface area (Å²) in [6.45, 7) is 6.52. The smallest absolute Gasteiger partial charge is 0.266 e. The zero-order chi connectivity index (χ0) is 16.1. The van der Waals surface area contributed by atoms with Crippen molar-refractivity contribution >= 4 is 40.3 Å². The van der Waals surface area contributed by atoms with Gasteiger partial charge < -0.3 is 9.47 Å². The van der Waals surface area contributed by atoms with Gasteiger partial charge in [0.05, 0.1) is 18.6 Å². The molecule has 1 saturated heterocycles. The lowest BCUT2D eigenvalue weighted by molar-refractivity contribution is -0.121. The van der Waals surface area contributed by atoms with Crippen molar-refractivity contribution in [2.45, 2.75) is 6.92 Å². The highest BCUT2D eigenvalue weighted by molar-refractivity contribution is 8.26. The van der Waals surface area contributed by atoms with E-state index in [9.17, 15) is 4.79 Å². The Labute approximate surface area is 139 Å². The van der Waals surface area contributed by atoms with Crippen LogP contribution in [0.5, 0.6) is 11.5 Å². The summed E-state index contributed by atoms with van der Waals surface area (Å²) in [5.41, 5.74) is 0.864. The Hall–Kier alpha value is -1.79. The van der Waals surface area contributed by atoms with Crippen molar-refractivity contribution in [3.8, 4) is 11.5 Å². The van der Waals surface area contributed by atoms with Crippen molar-refractivity contribution in [3.63, 3.8) is 0 Å². The lowest BCUT2D eigenvalue weighted by atomic mass is 10.2. The van der Waals surface area contributed by atoms with Crippen LogP contribution in [0.25, 0.3) is 6.08 Å². The Morgan fingerprint density at radius 2 is 2.18 bits per heavy atom. The van der Waals surface area contributed by atoms with Gasteiger partial charge in [0.25, 0.3) is 5.91 Å². The van der Waals surface area contributed by atoms with Gasteiger partial charge in [0.2, 0.25) is 0 Å². The number of thioether (sulfide) groups is 1. The van der Waals surface area contributed by atoms with Gasteiger partial charge in [-0.15, -0.1) is 6.58 Å². The molecule has 1 aromatic rings. The third kappa shape index (κ3) is 3.51. The van der Waals surface area contributed by atoms with E-state index in [1.807, 2.05) is 31.2 Å². The van der Waals surface area contributed by atoms with Crippen LogP contribution in [0.4, 0.5) is 0 Å². The molecule has 6 heteroatoms. The van der Waals surface area contributed by atoms with E-state index in [2.05, 4.69) is 6.58 Å². The van der Waals surface area contributed by atoms with Crippen LogP contribution in [0.1, 0.15) is 12.5 Å². The van der Waals surface area contributed by atoms with Crippen molar-refractivity contribution in [1.82, 2.24) is 4.90 Å². The maximum atomic E-state index is 12.3. The molecule has 1 aliphatic rings. The Bertz CT molecular complexity index is 640. The maximum absolute atomic E-state index is 12.3. The topological polar surface area (TPSA) is 38.8 Å². The van der Waals surface area contributed by atoms with Crippen molar-refractivity contribution in [2.24, 2.45) is 0 Å². The van der Waals surface area contributed by atoms with Crippen LogP contribution in [0, 0.1) is 0 Å². The minimum atomic E-state index is -0.0938. The van der Waals surface area contributed by atoms with Gasteiger partial charge in [0, 0.05) is 6.54 Å². The molecule has 0 bridgehead atoms. The number of carbonyl (C=O) groups excluding carboxylic acids is 1. The number of ether oxygens (including phenoxy) is 2. The predicted molar refractivity (Wildman–Crippen MR) is 94.2 cm³/mol. The fourth-order valence-electron chi connectivity index (χ4n) is 1.99. The zero-order valence-electron chi connectivity index (χ0n) is 12.5. The van der Waals surface area contributed by atoms with E-state index in [1.54, 1.807) is 13.2 Å². The van der Waals surface area contributed by atoms with Gasteiger partial charge in [-0.25, -0.2) is 0 Å². The van der Waals surface area contributed by atoms with Crippen LogP contribution < -0.4 is 9.47 Å². The molecule has 1 heterocycles. The number of carbonyl (C=O) groups is 1. The largest absolute Gasteiger partial charge is 0.493 e. The lowest BCUT2D eigenvalue weighted by Gasteiger charge is -2.11. The SMILES string of the molecule is C=CCN1C(=O)C(=Cc2ccc(OC)c(OCC)c2)SC1=S. The first-order valence-corrected chi connectivity index (χ1v) is 8.00. The summed E-state index contributed by atoms with van der Waals surface area (Å²) in [4.78, 5) is 14.4. The van der Waals surface area contributed by atoms with Crippen LogP contribution in [-0.2, 0) is 4.79 Å². The van der Waals surface area contributed by atoms with Crippen molar-refractivity contribution in [3.05, 3.63) is 41.3 Å². The number of rotatable bonds is 6. The summed E-state index contributed by atoms with van der Waals surface area (Å²) in [6, 6.07) is 5.55. The number of nitrogens with zero attached hydrogens (tertiary/aromatic N) is 1. The third-order valence-corrected chi connectivity index (χ3v) is 4.35. The van der Waals surface area contributed by atoms with Crippen LogP contribution in [0.3, 0.4) is 0 Å². The van der Waals surface area contributed by atoms with Gasteiger partial charge in [0.15, 0.2) is 11.5 Å². The number of hydrogen-bond acceptors (Lipinski definition) is 5. The summed E-state index contributed by atoms with van der Waals surface area (Å²) in [6.07, 6.45) is 3.47. The fraction of sp³-hybridized carbons (Fsp3) is 0.250. The minimum Gasteiger partial charge on any atom is -0.493 e. The van der Waals surface area contributed by atoms with E-state index in [4.69, 9.17) is 21.7 Å². The van der Waals surface area contributed by atoms with Gasteiger partial charge in [-0.2, -0.15) is 0 Å². The lowest BCUT2D eigenvalue weighted by Crippen LogP contribution is -2.27. The quantitative estimate of drug-likeness (QED) is 0.452. The van der Waals surface area contributed by atoms with E-state index < -0.39 is 0 Å². The molecular formula is C16H17NO3S2. The molecule has 0 atom stereocenters. The monoisotopic (exact) mass is 335 g/mol. The summed E-state index contributed by atoms with van der Waals surface area (Å²) in [7, 11) is 1.60. The van der Waals surface area contributed by atoms with Crippen molar-refractivity contribution < 1.29 is 14.3 Å². The molecule has 1 aliphatic heterocycles. The van der Waals surface area contributed by atoms with Crippen molar-refractivity contribution in [2.75, 3.05) is 20.3 Å². The molecule has 0 N–H and O–H groups in total. The molecule has 116 valence electrons. The first kappa shape index (κ1) is 16.6. The summed E-state index contributed by atoms with van der Waals surface area (Å²) in [5, 5.41) is 0. The zero-order valence-corrected chi connectivity index (χ0v) is 14.1. The molecule has 1 aromatic carbocycles. The minimum absolute atomic E-state index is 0.0938. The third-order valence-electron chi connectivity index (χ3n) is 2.97.